The van der Waals surface area contributed by atoms with Gasteiger partial charge in [0.15, 0.2) is 0 Å². The van der Waals surface area contributed by atoms with Gasteiger partial charge in [0.2, 0.25) is 5.91 Å². The van der Waals surface area contributed by atoms with E-state index >= 15 is 0 Å². The molecule has 162 valence electrons. The average molecular weight is 662 g/mol. The number of carbonyl (C=O) groups excluding carboxylic acids is 3. The molecular weight excluding hydrogens is 642 g/mol. The Morgan fingerprint density at radius 2 is 1.81 bits per heavy atom. The summed E-state index contributed by atoms with van der Waals surface area (Å²) in [6.07, 6.45) is 1.67. The van der Waals surface area contributed by atoms with Crippen molar-refractivity contribution in [1.29, 1.82) is 0 Å². The molecule has 0 spiro atoms. The van der Waals surface area contributed by atoms with Crippen LogP contribution in [0.4, 0.5) is 10.5 Å². The molecule has 1 aliphatic rings. The van der Waals surface area contributed by atoms with Crippen molar-refractivity contribution < 1.29 is 19.1 Å². The Labute approximate surface area is 212 Å². The van der Waals surface area contributed by atoms with Gasteiger partial charge in [-0.25, -0.2) is 0 Å². The molecule has 0 radical (unpaired) electrons. The summed E-state index contributed by atoms with van der Waals surface area (Å²) in [6.45, 7) is 6.10. The molecular formula is C22H20I2N2O4S. The number of ether oxygens (including phenoxy) is 1. The zero-order valence-corrected chi connectivity index (χ0v) is 22.3. The smallest absolute Gasteiger partial charge is 0.294 e. The fourth-order valence-electron chi connectivity index (χ4n) is 2.90. The van der Waals surface area contributed by atoms with Crippen LogP contribution in [0.25, 0.3) is 6.08 Å². The number of aryl methyl sites for hydroxylation is 2. The van der Waals surface area contributed by atoms with Crippen molar-refractivity contribution in [3.63, 3.8) is 0 Å². The molecule has 0 aliphatic carbocycles. The van der Waals surface area contributed by atoms with Crippen molar-refractivity contribution in [3.8, 4) is 5.75 Å². The summed E-state index contributed by atoms with van der Waals surface area (Å²) in [5, 5.41) is 2.29. The van der Waals surface area contributed by atoms with Crippen molar-refractivity contribution in [3.05, 3.63) is 59.1 Å². The van der Waals surface area contributed by atoms with Gasteiger partial charge >= 0.3 is 0 Å². The second-order valence-corrected chi connectivity index (χ2v) is 10.2. The molecule has 2 aromatic carbocycles. The molecule has 0 aromatic heterocycles. The predicted octanol–water partition coefficient (Wildman–Crippen LogP) is 5.59. The maximum absolute atomic E-state index is 12.8. The highest BCUT2D eigenvalue weighted by molar-refractivity contribution is 14.1. The summed E-state index contributed by atoms with van der Waals surface area (Å²) in [5.74, 6) is -0.0851. The van der Waals surface area contributed by atoms with Crippen LogP contribution in [0.5, 0.6) is 5.75 Å². The number of carbonyl (C=O) groups is 3. The third-order valence-electron chi connectivity index (χ3n) is 4.57. The molecule has 3 amide bonds. The van der Waals surface area contributed by atoms with Crippen LogP contribution >= 0.6 is 56.9 Å². The normalized spacial score (nSPS) is 15.0. The van der Waals surface area contributed by atoms with Crippen LogP contribution in [-0.2, 0) is 9.59 Å². The highest BCUT2D eigenvalue weighted by atomic mass is 127. The van der Waals surface area contributed by atoms with Crippen LogP contribution in [0.2, 0.25) is 0 Å². The molecule has 1 heterocycles. The number of thioether (sulfide) groups is 1. The van der Waals surface area contributed by atoms with Crippen LogP contribution in [0, 0.1) is 21.0 Å². The van der Waals surface area contributed by atoms with Crippen molar-refractivity contribution in [2.45, 2.75) is 20.8 Å². The van der Waals surface area contributed by atoms with Crippen LogP contribution in [0.15, 0.2) is 35.2 Å². The Morgan fingerprint density at radius 1 is 1.13 bits per heavy atom. The lowest BCUT2D eigenvalue weighted by Gasteiger charge is -2.13. The molecule has 6 nitrogen and oxygen atoms in total. The summed E-state index contributed by atoms with van der Waals surface area (Å²) in [6, 6.07) is 9.36. The lowest BCUT2D eigenvalue weighted by Crippen LogP contribution is -2.36. The maximum Gasteiger partial charge on any atom is 0.294 e. The highest BCUT2D eigenvalue weighted by Gasteiger charge is 2.36. The maximum atomic E-state index is 12.8. The molecule has 1 aliphatic heterocycles. The van der Waals surface area contributed by atoms with E-state index in [9.17, 15) is 14.4 Å². The number of amides is 3. The van der Waals surface area contributed by atoms with E-state index in [1.54, 1.807) is 12.1 Å². The first-order valence-corrected chi connectivity index (χ1v) is 12.4. The largest absolute Gasteiger partial charge is 0.492 e. The van der Waals surface area contributed by atoms with Gasteiger partial charge in [-0.05, 0) is 125 Å². The number of halogens is 2. The quantitative estimate of drug-likeness (QED) is 0.323. The first-order valence-electron chi connectivity index (χ1n) is 9.44. The zero-order valence-electron chi connectivity index (χ0n) is 17.1. The van der Waals surface area contributed by atoms with Gasteiger partial charge in [0.05, 0.1) is 18.7 Å². The molecule has 1 fully saturated rings. The number of anilines is 1. The fourth-order valence-corrected chi connectivity index (χ4v) is 5.86. The first-order chi connectivity index (χ1) is 14.7. The summed E-state index contributed by atoms with van der Waals surface area (Å²) in [4.78, 5) is 38.8. The number of nitrogens with one attached hydrogen (secondary N) is 1. The molecule has 0 bridgehead atoms. The van der Waals surface area contributed by atoms with Crippen LogP contribution in [0.1, 0.15) is 23.6 Å². The number of hydrogen-bond donors (Lipinski definition) is 1. The van der Waals surface area contributed by atoms with E-state index in [0.717, 1.165) is 46.2 Å². The lowest BCUT2D eigenvalue weighted by atomic mass is 10.1. The summed E-state index contributed by atoms with van der Waals surface area (Å²) >= 11 is 5.21. The van der Waals surface area contributed by atoms with Crippen molar-refractivity contribution in [1.82, 2.24) is 4.90 Å². The molecule has 2 aromatic rings. The van der Waals surface area contributed by atoms with Crippen molar-refractivity contribution >= 4 is 85.8 Å². The van der Waals surface area contributed by atoms with E-state index < -0.39 is 17.1 Å². The molecule has 0 atom stereocenters. The SMILES string of the molecule is CCOc1c(I)cc(/C=C2/SC(=O)N(CC(=O)Nc3ccc(C)c(C)c3)C2=O)cc1I. The third kappa shape index (κ3) is 5.80. The topological polar surface area (TPSA) is 75.7 Å². The Balaban J connectivity index is 1.73. The Morgan fingerprint density at radius 3 is 2.42 bits per heavy atom. The second-order valence-electron chi connectivity index (χ2n) is 6.86. The van der Waals surface area contributed by atoms with E-state index in [4.69, 9.17) is 4.74 Å². The second kappa shape index (κ2) is 10.3. The van der Waals surface area contributed by atoms with E-state index in [1.807, 2.05) is 45.0 Å². The van der Waals surface area contributed by atoms with Crippen LogP contribution in [-0.4, -0.2) is 35.1 Å². The van der Waals surface area contributed by atoms with E-state index in [1.165, 1.54) is 0 Å². The van der Waals surface area contributed by atoms with Gasteiger partial charge in [0, 0.05) is 5.69 Å². The number of benzene rings is 2. The van der Waals surface area contributed by atoms with Gasteiger partial charge in [-0.3, -0.25) is 19.3 Å². The number of imide groups is 1. The minimum Gasteiger partial charge on any atom is -0.492 e. The number of rotatable bonds is 6. The Bertz CT molecular complexity index is 1080. The predicted molar refractivity (Wildman–Crippen MR) is 140 cm³/mol. The molecule has 3 rings (SSSR count). The molecule has 9 heteroatoms. The van der Waals surface area contributed by atoms with Gasteiger partial charge in [0.1, 0.15) is 12.3 Å². The third-order valence-corrected chi connectivity index (χ3v) is 7.08. The molecule has 31 heavy (non-hydrogen) atoms. The van der Waals surface area contributed by atoms with Crippen molar-refractivity contribution in [2.24, 2.45) is 0 Å². The standard InChI is InChI=1S/C22H20I2N2O4S/c1-4-30-20-16(23)8-14(9-17(20)24)10-18-21(28)26(22(29)31-18)11-19(27)25-15-6-5-12(2)13(3)7-15/h5-10H,4,11H2,1-3H3,(H,25,27)/b18-10+. The minimum absolute atomic E-state index is 0.291. The van der Waals surface area contributed by atoms with Gasteiger partial charge in [-0.1, -0.05) is 6.07 Å². The van der Waals surface area contributed by atoms with Crippen LogP contribution in [0.3, 0.4) is 0 Å². The summed E-state index contributed by atoms with van der Waals surface area (Å²) in [7, 11) is 0. The highest BCUT2D eigenvalue weighted by Crippen LogP contribution is 2.34. The fraction of sp³-hybridized carbons (Fsp3) is 0.227. The molecule has 1 saturated heterocycles. The van der Waals surface area contributed by atoms with Gasteiger partial charge in [-0.2, -0.15) is 0 Å². The Kier molecular flexibility index (Phi) is 8.03. The monoisotopic (exact) mass is 662 g/mol. The van der Waals surface area contributed by atoms with E-state index in [2.05, 4.69) is 50.5 Å². The van der Waals surface area contributed by atoms with E-state index in [0.29, 0.717) is 17.2 Å². The minimum atomic E-state index is -0.468. The van der Waals surface area contributed by atoms with Gasteiger partial charge in [0.25, 0.3) is 11.1 Å². The summed E-state index contributed by atoms with van der Waals surface area (Å²) < 4.78 is 7.48. The van der Waals surface area contributed by atoms with Gasteiger partial charge in [-0.15, -0.1) is 0 Å². The first kappa shape index (κ1) is 24.1. The molecule has 1 N–H and O–H groups in total. The number of nitrogens with zero attached hydrogens (tertiary/aromatic N) is 1. The Hall–Kier alpha value is -1.60. The zero-order chi connectivity index (χ0) is 22.7. The van der Waals surface area contributed by atoms with Crippen molar-refractivity contribution in [2.75, 3.05) is 18.5 Å². The number of hydrogen-bond acceptors (Lipinski definition) is 5. The summed E-state index contributed by atoms with van der Waals surface area (Å²) in [5.41, 5.74) is 3.59. The van der Waals surface area contributed by atoms with E-state index in [-0.39, 0.29) is 6.54 Å². The lowest BCUT2D eigenvalue weighted by molar-refractivity contribution is -0.127. The molecule has 0 unspecified atom stereocenters. The van der Waals surface area contributed by atoms with Crippen LogP contribution < -0.4 is 10.1 Å². The molecule has 0 saturated carbocycles. The van der Waals surface area contributed by atoms with Gasteiger partial charge < -0.3 is 10.1 Å². The average Bonchev–Trinajstić information content (AvgIpc) is 2.95.